The smallest absolute Gasteiger partial charge is 0.0614 e. The monoisotopic (exact) mass is 557 g/mol. The molecular formula is C12H17N2W2-. The molecular weight excluding hydrogens is 540 g/mol. The van der Waals surface area contributed by atoms with Crippen molar-refractivity contribution < 1.29 is 42.1 Å². The number of pyridine rings is 1. The minimum atomic E-state index is 0. The number of hydrogen-bond donors (Lipinski definition) is 0. The van der Waals surface area contributed by atoms with E-state index in [1.807, 2.05) is 6.20 Å². The molecule has 1 aliphatic rings. The zero-order valence-electron chi connectivity index (χ0n) is 9.82. The molecule has 1 aromatic rings. The van der Waals surface area contributed by atoms with Crippen LogP contribution in [0.1, 0.15) is 29.7 Å². The van der Waals surface area contributed by atoms with E-state index in [-0.39, 0.29) is 42.1 Å². The van der Waals surface area contributed by atoms with Gasteiger partial charge in [-0.15, -0.1) is 0 Å². The molecule has 2 nitrogen and oxygen atoms in total. The molecule has 88 valence electrons. The molecule has 16 heavy (non-hydrogen) atoms. The second kappa shape index (κ2) is 6.92. The second-order valence-corrected chi connectivity index (χ2v) is 4.08. The van der Waals surface area contributed by atoms with Gasteiger partial charge in [0.05, 0.1) is 5.69 Å². The molecule has 1 aromatic heterocycles. The first-order valence-corrected chi connectivity index (χ1v) is 5.23. The molecule has 0 amide bonds. The SMILES string of the molecule is [CH2-]N1CCCCc2ncc(C)c(C)c21.[W].[W]. The summed E-state index contributed by atoms with van der Waals surface area (Å²) in [5.41, 5.74) is 5.09. The first-order chi connectivity index (χ1) is 6.70. The van der Waals surface area contributed by atoms with Crippen molar-refractivity contribution >= 4 is 5.69 Å². The summed E-state index contributed by atoms with van der Waals surface area (Å²) in [4.78, 5) is 6.62. The van der Waals surface area contributed by atoms with E-state index in [2.05, 4.69) is 30.8 Å². The number of nitrogens with zero attached hydrogens (tertiary/aromatic N) is 2. The molecule has 0 radical (unpaired) electrons. The van der Waals surface area contributed by atoms with Gasteiger partial charge in [-0.05, 0) is 50.8 Å². The Morgan fingerprint density at radius 2 is 1.94 bits per heavy atom. The van der Waals surface area contributed by atoms with Gasteiger partial charge in [0, 0.05) is 54.0 Å². The van der Waals surface area contributed by atoms with Crippen LogP contribution in [-0.2, 0) is 48.6 Å². The maximum Gasteiger partial charge on any atom is 0.0614 e. The Morgan fingerprint density at radius 1 is 1.25 bits per heavy atom. The molecule has 1 aliphatic heterocycles. The van der Waals surface area contributed by atoms with Gasteiger partial charge in [0.2, 0.25) is 0 Å². The van der Waals surface area contributed by atoms with Gasteiger partial charge >= 0.3 is 0 Å². The topological polar surface area (TPSA) is 16.1 Å². The van der Waals surface area contributed by atoms with Crippen LogP contribution in [0.5, 0.6) is 0 Å². The molecule has 2 heterocycles. The molecule has 0 bridgehead atoms. The van der Waals surface area contributed by atoms with Gasteiger partial charge in [-0.2, -0.15) is 0 Å². The Hall–Kier alpha value is 0.327. The van der Waals surface area contributed by atoms with Crippen LogP contribution in [0, 0.1) is 20.9 Å². The summed E-state index contributed by atoms with van der Waals surface area (Å²) < 4.78 is 0. The second-order valence-electron chi connectivity index (χ2n) is 4.08. The predicted molar refractivity (Wildman–Crippen MR) is 59.4 cm³/mol. The van der Waals surface area contributed by atoms with Crippen molar-refractivity contribution in [2.75, 3.05) is 11.4 Å². The van der Waals surface area contributed by atoms with Crippen LogP contribution in [0.3, 0.4) is 0 Å². The molecule has 0 saturated heterocycles. The van der Waals surface area contributed by atoms with E-state index in [0.717, 1.165) is 13.0 Å². The Kier molecular flexibility index (Phi) is 7.06. The Labute approximate surface area is 127 Å². The number of aromatic nitrogens is 1. The van der Waals surface area contributed by atoms with Crippen LogP contribution >= 0.6 is 0 Å². The Balaban J connectivity index is 0.00000112. The zero-order chi connectivity index (χ0) is 10.1. The molecule has 0 unspecified atom stereocenters. The third kappa shape index (κ3) is 3.17. The van der Waals surface area contributed by atoms with Gasteiger partial charge in [0.25, 0.3) is 0 Å². The normalized spacial score (nSPS) is 14.3. The van der Waals surface area contributed by atoms with E-state index in [0.29, 0.717) is 0 Å². The summed E-state index contributed by atoms with van der Waals surface area (Å²) in [5.74, 6) is 0. The summed E-state index contributed by atoms with van der Waals surface area (Å²) in [6.07, 6.45) is 5.53. The average Bonchev–Trinajstić information content (AvgIpc) is 2.35. The van der Waals surface area contributed by atoms with E-state index >= 15 is 0 Å². The van der Waals surface area contributed by atoms with Gasteiger partial charge < -0.3 is 4.90 Å². The fourth-order valence-corrected chi connectivity index (χ4v) is 2.05. The molecule has 0 fully saturated rings. The molecule has 0 saturated carbocycles. The molecule has 0 atom stereocenters. The van der Waals surface area contributed by atoms with Gasteiger partial charge in [0.15, 0.2) is 0 Å². The van der Waals surface area contributed by atoms with E-state index in [1.54, 1.807) is 0 Å². The quantitative estimate of drug-likeness (QED) is 0.457. The number of anilines is 1. The minimum Gasteiger partial charge on any atom is -0.523 e. The van der Waals surface area contributed by atoms with Crippen molar-refractivity contribution in [3.05, 3.63) is 30.1 Å². The van der Waals surface area contributed by atoms with Crippen molar-refractivity contribution in [2.24, 2.45) is 0 Å². The third-order valence-electron chi connectivity index (χ3n) is 3.04. The van der Waals surface area contributed by atoms with Crippen LogP contribution in [0.15, 0.2) is 6.20 Å². The van der Waals surface area contributed by atoms with Crippen molar-refractivity contribution in [3.63, 3.8) is 0 Å². The number of rotatable bonds is 0. The summed E-state index contributed by atoms with van der Waals surface area (Å²) in [7, 11) is 4.09. The van der Waals surface area contributed by atoms with Gasteiger partial charge in [0.1, 0.15) is 0 Å². The fraction of sp³-hybridized carbons (Fsp3) is 0.500. The molecule has 4 heteroatoms. The van der Waals surface area contributed by atoms with Gasteiger partial charge in [-0.1, -0.05) is 0 Å². The van der Waals surface area contributed by atoms with E-state index in [4.69, 9.17) is 0 Å². The summed E-state index contributed by atoms with van der Waals surface area (Å²) in [5, 5.41) is 0. The molecule has 0 aliphatic carbocycles. The van der Waals surface area contributed by atoms with E-state index in [1.165, 1.54) is 35.3 Å². The van der Waals surface area contributed by atoms with Crippen LogP contribution in [0.4, 0.5) is 5.69 Å². The predicted octanol–water partition coefficient (Wildman–Crippen LogP) is 2.63. The van der Waals surface area contributed by atoms with Gasteiger partial charge in [-0.3, -0.25) is 12.0 Å². The first kappa shape index (κ1) is 16.3. The zero-order valence-corrected chi connectivity index (χ0v) is 15.7. The van der Waals surface area contributed by atoms with E-state index in [9.17, 15) is 0 Å². The standard InChI is InChI=1S/C12H17N2.2W/c1-9-8-13-11-6-4-5-7-14(3)12(11)10(9)2;;/h8H,3-7H2,1-2H3;;/q-1;;. The molecule has 0 N–H and O–H groups in total. The molecule has 0 spiro atoms. The number of fused-ring (bicyclic) bond motifs is 1. The van der Waals surface area contributed by atoms with Crippen molar-refractivity contribution in [2.45, 2.75) is 33.1 Å². The Bertz CT molecular complexity index is 353. The van der Waals surface area contributed by atoms with Crippen LogP contribution in [0.25, 0.3) is 0 Å². The number of aryl methyl sites for hydroxylation is 2. The van der Waals surface area contributed by atoms with E-state index < -0.39 is 0 Å². The largest absolute Gasteiger partial charge is 0.523 e. The maximum absolute atomic E-state index is 4.51. The molecule has 2 rings (SSSR count). The van der Waals surface area contributed by atoms with Crippen molar-refractivity contribution in [3.8, 4) is 0 Å². The summed E-state index contributed by atoms with van der Waals surface area (Å²) >= 11 is 0. The van der Waals surface area contributed by atoms with Gasteiger partial charge in [-0.25, -0.2) is 0 Å². The fourth-order valence-electron chi connectivity index (χ4n) is 2.05. The summed E-state index contributed by atoms with van der Waals surface area (Å²) in [6, 6.07) is 0. The number of hydrogen-bond acceptors (Lipinski definition) is 2. The minimum absolute atomic E-state index is 0. The van der Waals surface area contributed by atoms with Crippen LogP contribution in [-0.4, -0.2) is 11.5 Å². The average molecular weight is 557 g/mol. The van der Waals surface area contributed by atoms with Crippen LogP contribution < -0.4 is 4.90 Å². The van der Waals surface area contributed by atoms with Crippen molar-refractivity contribution in [1.29, 1.82) is 0 Å². The van der Waals surface area contributed by atoms with Crippen LogP contribution in [0.2, 0.25) is 0 Å². The third-order valence-corrected chi connectivity index (χ3v) is 3.04. The maximum atomic E-state index is 4.51. The summed E-state index contributed by atoms with van der Waals surface area (Å²) in [6.45, 7) is 5.33. The first-order valence-electron chi connectivity index (χ1n) is 5.23. The Morgan fingerprint density at radius 3 is 2.62 bits per heavy atom. The van der Waals surface area contributed by atoms with Crippen molar-refractivity contribution in [1.82, 2.24) is 4.98 Å². The molecule has 0 aromatic carbocycles.